The molecular formula is C16H14O3. The highest BCUT2D eigenvalue weighted by Gasteiger charge is 2.11. The maximum atomic E-state index is 12.1. The van der Waals surface area contributed by atoms with E-state index < -0.39 is 5.97 Å². The Kier molecular flexibility index (Phi) is 4.08. The molecule has 3 nitrogen and oxygen atoms in total. The average Bonchev–Trinajstić information content (AvgIpc) is 2.41. The van der Waals surface area contributed by atoms with Crippen molar-refractivity contribution in [2.75, 3.05) is 0 Å². The summed E-state index contributed by atoms with van der Waals surface area (Å²) < 4.78 is 0. The van der Waals surface area contributed by atoms with Gasteiger partial charge in [-0.25, -0.2) is 0 Å². The van der Waals surface area contributed by atoms with Crippen molar-refractivity contribution < 1.29 is 14.7 Å². The van der Waals surface area contributed by atoms with Gasteiger partial charge in [0.25, 0.3) is 0 Å². The third-order valence-electron chi connectivity index (χ3n) is 2.91. The van der Waals surface area contributed by atoms with E-state index in [-0.39, 0.29) is 18.6 Å². The monoisotopic (exact) mass is 254 g/mol. The quantitative estimate of drug-likeness (QED) is 0.835. The molecule has 3 heteroatoms. The van der Waals surface area contributed by atoms with Crippen LogP contribution < -0.4 is 0 Å². The second-order valence-electron chi connectivity index (χ2n) is 4.31. The summed E-state index contributed by atoms with van der Waals surface area (Å²) in [5.41, 5.74) is 2.12. The molecule has 2 aromatic carbocycles. The van der Waals surface area contributed by atoms with Crippen molar-refractivity contribution in [3.05, 3.63) is 71.3 Å². The number of ketones is 1. The number of hydrogen-bond donors (Lipinski definition) is 1. The number of Topliss-reactive ketones (excluding diaryl/α,β-unsaturated/α-hetero) is 1. The minimum Gasteiger partial charge on any atom is -0.481 e. The van der Waals surface area contributed by atoms with Gasteiger partial charge >= 0.3 is 5.97 Å². The first kappa shape index (κ1) is 13.0. The normalized spacial score (nSPS) is 10.1. The summed E-state index contributed by atoms with van der Waals surface area (Å²) in [6, 6.07) is 16.2. The van der Waals surface area contributed by atoms with Crippen LogP contribution in [0.1, 0.15) is 21.5 Å². The number of carbonyl (C=O) groups excluding carboxylic acids is 1. The molecule has 0 saturated heterocycles. The molecule has 1 N–H and O–H groups in total. The summed E-state index contributed by atoms with van der Waals surface area (Å²) in [6.45, 7) is 0. The second-order valence-corrected chi connectivity index (χ2v) is 4.31. The van der Waals surface area contributed by atoms with Crippen molar-refractivity contribution in [3.63, 3.8) is 0 Å². The van der Waals surface area contributed by atoms with Crippen LogP contribution in [0.15, 0.2) is 54.6 Å². The van der Waals surface area contributed by atoms with E-state index in [2.05, 4.69) is 0 Å². The number of rotatable bonds is 5. The first-order valence-corrected chi connectivity index (χ1v) is 6.03. The van der Waals surface area contributed by atoms with Crippen LogP contribution in [0.4, 0.5) is 0 Å². The molecule has 96 valence electrons. The SMILES string of the molecule is O=C(O)Cc1ccccc1CC(=O)c1ccccc1. The predicted molar refractivity (Wildman–Crippen MR) is 72.3 cm³/mol. The maximum Gasteiger partial charge on any atom is 0.307 e. The molecule has 0 saturated carbocycles. The Hall–Kier alpha value is -2.42. The van der Waals surface area contributed by atoms with Crippen LogP contribution in [0.25, 0.3) is 0 Å². The fraction of sp³-hybridized carbons (Fsp3) is 0.125. The van der Waals surface area contributed by atoms with E-state index in [0.717, 1.165) is 5.56 Å². The summed E-state index contributed by atoms with van der Waals surface area (Å²) in [4.78, 5) is 22.9. The van der Waals surface area contributed by atoms with E-state index in [1.807, 2.05) is 24.3 Å². The van der Waals surface area contributed by atoms with Crippen molar-refractivity contribution in [2.24, 2.45) is 0 Å². The molecule has 0 aliphatic rings. The summed E-state index contributed by atoms with van der Waals surface area (Å²) in [5.74, 6) is -0.891. The highest BCUT2D eigenvalue weighted by atomic mass is 16.4. The van der Waals surface area contributed by atoms with Gasteiger partial charge in [0.1, 0.15) is 0 Å². The number of benzene rings is 2. The van der Waals surface area contributed by atoms with Crippen LogP contribution >= 0.6 is 0 Å². The van der Waals surface area contributed by atoms with Gasteiger partial charge in [-0.3, -0.25) is 9.59 Å². The van der Waals surface area contributed by atoms with E-state index in [1.54, 1.807) is 30.3 Å². The predicted octanol–water partition coefficient (Wildman–Crippen LogP) is 2.74. The molecule has 0 unspecified atom stereocenters. The largest absolute Gasteiger partial charge is 0.481 e. The second kappa shape index (κ2) is 5.96. The summed E-state index contributed by atoms with van der Waals surface area (Å²) in [5, 5.41) is 8.86. The van der Waals surface area contributed by atoms with Crippen LogP contribution in [0.5, 0.6) is 0 Å². The molecule has 0 aromatic heterocycles. The summed E-state index contributed by atoms with van der Waals surface area (Å²) >= 11 is 0. The lowest BCUT2D eigenvalue weighted by atomic mass is 9.97. The fourth-order valence-corrected chi connectivity index (χ4v) is 1.96. The van der Waals surface area contributed by atoms with E-state index in [4.69, 9.17) is 5.11 Å². The Labute approximate surface area is 111 Å². The topological polar surface area (TPSA) is 54.4 Å². The van der Waals surface area contributed by atoms with E-state index in [0.29, 0.717) is 11.1 Å². The van der Waals surface area contributed by atoms with Crippen molar-refractivity contribution >= 4 is 11.8 Å². The van der Waals surface area contributed by atoms with Crippen molar-refractivity contribution in [1.29, 1.82) is 0 Å². The van der Waals surface area contributed by atoms with E-state index in [9.17, 15) is 9.59 Å². The Morgan fingerprint density at radius 1 is 0.789 bits per heavy atom. The van der Waals surface area contributed by atoms with Gasteiger partial charge in [-0.2, -0.15) is 0 Å². The Morgan fingerprint density at radius 3 is 1.89 bits per heavy atom. The molecule has 0 aliphatic heterocycles. The van der Waals surface area contributed by atoms with Gasteiger partial charge in [-0.15, -0.1) is 0 Å². The molecule has 0 amide bonds. The van der Waals surface area contributed by atoms with Crippen LogP contribution in [0.3, 0.4) is 0 Å². The summed E-state index contributed by atoms with van der Waals surface area (Å²) in [7, 11) is 0. The Bertz CT molecular complexity index is 588. The minimum atomic E-state index is -0.889. The molecule has 19 heavy (non-hydrogen) atoms. The smallest absolute Gasteiger partial charge is 0.307 e. The molecule has 2 rings (SSSR count). The lowest BCUT2D eigenvalue weighted by Crippen LogP contribution is -2.08. The third-order valence-corrected chi connectivity index (χ3v) is 2.91. The number of hydrogen-bond acceptors (Lipinski definition) is 2. The third kappa shape index (κ3) is 3.52. The zero-order chi connectivity index (χ0) is 13.7. The molecule has 2 aromatic rings. The van der Waals surface area contributed by atoms with Gasteiger partial charge in [0.15, 0.2) is 5.78 Å². The van der Waals surface area contributed by atoms with E-state index >= 15 is 0 Å². The first-order chi connectivity index (χ1) is 9.16. The molecule has 0 aliphatic carbocycles. The highest BCUT2D eigenvalue weighted by Crippen LogP contribution is 2.13. The number of carbonyl (C=O) groups is 2. The lowest BCUT2D eigenvalue weighted by molar-refractivity contribution is -0.136. The molecular weight excluding hydrogens is 240 g/mol. The minimum absolute atomic E-state index is 0.00145. The maximum absolute atomic E-state index is 12.1. The van der Waals surface area contributed by atoms with Crippen LogP contribution in [0, 0.1) is 0 Å². The lowest BCUT2D eigenvalue weighted by Gasteiger charge is -2.07. The highest BCUT2D eigenvalue weighted by molar-refractivity contribution is 5.97. The van der Waals surface area contributed by atoms with Crippen LogP contribution in [-0.4, -0.2) is 16.9 Å². The Morgan fingerprint density at radius 2 is 1.32 bits per heavy atom. The van der Waals surface area contributed by atoms with Gasteiger partial charge in [-0.05, 0) is 11.1 Å². The molecule has 0 atom stereocenters. The van der Waals surface area contributed by atoms with Crippen molar-refractivity contribution in [3.8, 4) is 0 Å². The van der Waals surface area contributed by atoms with Crippen LogP contribution in [-0.2, 0) is 17.6 Å². The molecule has 0 bridgehead atoms. The van der Waals surface area contributed by atoms with Gasteiger partial charge in [0.2, 0.25) is 0 Å². The van der Waals surface area contributed by atoms with Gasteiger partial charge in [0.05, 0.1) is 6.42 Å². The fourth-order valence-electron chi connectivity index (χ4n) is 1.96. The first-order valence-electron chi connectivity index (χ1n) is 6.03. The zero-order valence-electron chi connectivity index (χ0n) is 10.4. The zero-order valence-corrected chi connectivity index (χ0v) is 10.4. The van der Waals surface area contributed by atoms with Crippen LogP contribution in [0.2, 0.25) is 0 Å². The molecule has 0 radical (unpaired) electrons. The van der Waals surface area contributed by atoms with Gasteiger partial charge in [0, 0.05) is 12.0 Å². The Balaban J connectivity index is 2.19. The van der Waals surface area contributed by atoms with Crippen molar-refractivity contribution in [1.82, 2.24) is 0 Å². The molecule has 0 fully saturated rings. The molecule has 0 heterocycles. The van der Waals surface area contributed by atoms with E-state index in [1.165, 1.54) is 0 Å². The number of aliphatic carboxylic acids is 1. The average molecular weight is 254 g/mol. The van der Waals surface area contributed by atoms with Gasteiger partial charge < -0.3 is 5.11 Å². The van der Waals surface area contributed by atoms with Gasteiger partial charge in [-0.1, -0.05) is 54.6 Å². The standard InChI is InChI=1S/C16H14O3/c17-15(12-6-2-1-3-7-12)10-13-8-4-5-9-14(13)11-16(18)19/h1-9H,10-11H2,(H,18,19). The molecule has 0 spiro atoms. The van der Waals surface area contributed by atoms with Crippen molar-refractivity contribution in [2.45, 2.75) is 12.8 Å². The summed E-state index contributed by atoms with van der Waals surface area (Å²) in [6.07, 6.45) is 0.172. The number of carboxylic acids is 1. The number of carboxylic acid groups (broad SMARTS) is 1.